The zero-order valence-corrected chi connectivity index (χ0v) is 15.0. The molecule has 3 aliphatic rings. The number of carbonyl (C=O) groups excluding carboxylic acids is 2. The molecule has 3 fully saturated rings. The van der Waals surface area contributed by atoms with Crippen LogP contribution < -0.4 is 0 Å². The third-order valence-corrected chi connectivity index (χ3v) is 5.74. The summed E-state index contributed by atoms with van der Waals surface area (Å²) in [4.78, 5) is 33.3. The summed E-state index contributed by atoms with van der Waals surface area (Å²) in [5.41, 5.74) is 0.480. The second-order valence-electron chi connectivity index (χ2n) is 7.68. The van der Waals surface area contributed by atoms with E-state index in [0.717, 1.165) is 64.7 Å². The normalized spacial score (nSPS) is 22.3. The van der Waals surface area contributed by atoms with E-state index < -0.39 is 0 Å². The van der Waals surface area contributed by atoms with Crippen molar-refractivity contribution in [1.29, 1.82) is 0 Å². The fourth-order valence-electron chi connectivity index (χ4n) is 3.97. The quantitative estimate of drug-likeness (QED) is 0.845. The molecule has 2 saturated heterocycles. The predicted octanol–water partition coefficient (Wildman–Crippen LogP) is 2.73. The van der Waals surface area contributed by atoms with Crippen molar-refractivity contribution in [2.75, 3.05) is 26.2 Å². The Balaban J connectivity index is 1.40. The number of carbonyl (C=O) groups is 2. The van der Waals surface area contributed by atoms with E-state index in [4.69, 9.17) is 4.42 Å². The number of aryl methyl sites for hydroxylation is 1. The lowest BCUT2D eigenvalue weighted by Gasteiger charge is -2.30. The Hall–Kier alpha value is -1.85. The zero-order chi connectivity index (χ0) is 17.4. The van der Waals surface area contributed by atoms with Gasteiger partial charge in [0.15, 0.2) is 11.6 Å². The van der Waals surface area contributed by atoms with Crippen LogP contribution in [0.25, 0.3) is 0 Å². The molecule has 0 spiro atoms. The van der Waals surface area contributed by atoms with Crippen molar-refractivity contribution >= 4 is 11.8 Å². The molecule has 0 N–H and O–H groups in total. The molecule has 1 aliphatic carbocycles. The standard InChI is InChI=1S/C19H27N3O3/c1-13-16(19(24)21-9-3-2-4-10-21)20-17(25-13)14-7-11-22(12-8-14)18(23)15-5-6-15/h14-15H,2-12H2,1H3. The molecule has 3 heterocycles. The average Bonchev–Trinajstić information content (AvgIpc) is 3.43. The van der Waals surface area contributed by atoms with Gasteiger partial charge in [0.25, 0.3) is 5.91 Å². The summed E-state index contributed by atoms with van der Waals surface area (Å²) in [5.74, 6) is 2.13. The summed E-state index contributed by atoms with van der Waals surface area (Å²) >= 11 is 0. The molecule has 1 aromatic heterocycles. The molecule has 1 saturated carbocycles. The summed E-state index contributed by atoms with van der Waals surface area (Å²) in [5, 5.41) is 0. The maximum Gasteiger partial charge on any atom is 0.276 e. The topological polar surface area (TPSA) is 66.7 Å². The highest BCUT2D eigenvalue weighted by Crippen LogP contribution is 2.34. The van der Waals surface area contributed by atoms with Crippen LogP contribution in [0, 0.1) is 12.8 Å². The van der Waals surface area contributed by atoms with Crippen molar-refractivity contribution in [2.24, 2.45) is 5.92 Å². The molecule has 2 amide bonds. The van der Waals surface area contributed by atoms with Gasteiger partial charge in [-0.2, -0.15) is 0 Å². The van der Waals surface area contributed by atoms with E-state index in [0.29, 0.717) is 23.3 Å². The smallest absolute Gasteiger partial charge is 0.276 e. The first-order valence-electron chi connectivity index (χ1n) is 9.69. The van der Waals surface area contributed by atoms with Gasteiger partial charge in [0, 0.05) is 38.0 Å². The third-order valence-electron chi connectivity index (χ3n) is 5.74. The van der Waals surface area contributed by atoms with E-state index in [9.17, 15) is 9.59 Å². The number of piperidine rings is 2. The Morgan fingerprint density at radius 2 is 1.64 bits per heavy atom. The van der Waals surface area contributed by atoms with E-state index in [1.165, 1.54) is 6.42 Å². The van der Waals surface area contributed by atoms with E-state index in [-0.39, 0.29) is 17.7 Å². The average molecular weight is 345 g/mol. The SMILES string of the molecule is Cc1oc(C2CCN(C(=O)C3CC3)CC2)nc1C(=O)N1CCCCC1. The minimum absolute atomic E-state index is 0.00791. The van der Waals surface area contributed by atoms with Gasteiger partial charge in [0.05, 0.1) is 0 Å². The molecule has 136 valence electrons. The highest BCUT2D eigenvalue weighted by atomic mass is 16.4. The molecule has 25 heavy (non-hydrogen) atoms. The summed E-state index contributed by atoms with van der Waals surface area (Å²) in [7, 11) is 0. The summed E-state index contributed by atoms with van der Waals surface area (Å²) in [6.07, 6.45) is 7.20. The second-order valence-corrected chi connectivity index (χ2v) is 7.68. The predicted molar refractivity (Wildman–Crippen MR) is 92.3 cm³/mol. The zero-order valence-electron chi connectivity index (χ0n) is 15.0. The monoisotopic (exact) mass is 345 g/mol. The first-order valence-corrected chi connectivity index (χ1v) is 9.69. The van der Waals surface area contributed by atoms with Gasteiger partial charge in [-0.05, 0) is 51.9 Å². The fraction of sp³-hybridized carbons (Fsp3) is 0.737. The molecular formula is C19H27N3O3. The van der Waals surface area contributed by atoms with E-state index in [1.54, 1.807) is 0 Å². The van der Waals surface area contributed by atoms with Gasteiger partial charge in [-0.25, -0.2) is 4.98 Å². The van der Waals surface area contributed by atoms with Crippen molar-refractivity contribution in [1.82, 2.24) is 14.8 Å². The minimum Gasteiger partial charge on any atom is -0.445 e. The number of amides is 2. The van der Waals surface area contributed by atoms with Gasteiger partial charge >= 0.3 is 0 Å². The maximum absolute atomic E-state index is 12.7. The van der Waals surface area contributed by atoms with Crippen molar-refractivity contribution in [2.45, 2.75) is 57.8 Å². The molecule has 0 aromatic carbocycles. The number of hydrogen-bond donors (Lipinski definition) is 0. The van der Waals surface area contributed by atoms with E-state index in [2.05, 4.69) is 4.98 Å². The van der Waals surface area contributed by atoms with E-state index in [1.807, 2.05) is 16.7 Å². The molecule has 2 aliphatic heterocycles. The van der Waals surface area contributed by atoms with Crippen LogP contribution >= 0.6 is 0 Å². The number of hydrogen-bond acceptors (Lipinski definition) is 4. The van der Waals surface area contributed by atoms with E-state index >= 15 is 0 Å². The first-order chi connectivity index (χ1) is 12.1. The van der Waals surface area contributed by atoms with Gasteiger partial charge in [0.1, 0.15) is 5.76 Å². The molecule has 0 bridgehead atoms. The minimum atomic E-state index is 0.00791. The second kappa shape index (κ2) is 6.81. The number of aromatic nitrogens is 1. The van der Waals surface area contributed by atoms with Crippen molar-refractivity contribution in [3.05, 3.63) is 17.3 Å². The highest BCUT2D eigenvalue weighted by Gasteiger charge is 2.36. The lowest BCUT2D eigenvalue weighted by atomic mass is 9.96. The molecule has 0 atom stereocenters. The Labute approximate surface area is 148 Å². The summed E-state index contributed by atoms with van der Waals surface area (Å²) in [6.45, 7) is 5.03. The number of oxazole rings is 1. The Bertz CT molecular complexity index is 651. The van der Waals surface area contributed by atoms with Gasteiger partial charge < -0.3 is 14.2 Å². The summed E-state index contributed by atoms with van der Waals surface area (Å²) < 4.78 is 5.86. The molecule has 0 radical (unpaired) electrons. The number of likely N-dealkylation sites (tertiary alicyclic amines) is 2. The molecule has 0 unspecified atom stereocenters. The fourth-order valence-corrected chi connectivity index (χ4v) is 3.97. The van der Waals surface area contributed by atoms with Crippen LogP contribution in [0.2, 0.25) is 0 Å². The summed E-state index contributed by atoms with van der Waals surface area (Å²) in [6, 6.07) is 0. The van der Waals surface area contributed by atoms with Crippen LogP contribution in [0.15, 0.2) is 4.42 Å². The first kappa shape index (κ1) is 16.6. The Kier molecular flexibility index (Phi) is 4.52. The van der Waals surface area contributed by atoms with Crippen LogP contribution in [-0.2, 0) is 4.79 Å². The van der Waals surface area contributed by atoms with Crippen molar-refractivity contribution < 1.29 is 14.0 Å². The van der Waals surface area contributed by atoms with Gasteiger partial charge in [-0.3, -0.25) is 9.59 Å². The molecule has 6 nitrogen and oxygen atoms in total. The van der Waals surface area contributed by atoms with Crippen molar-refractivity contribution in [3.63, 3.8) is 0 Å². The highest BCUT2D eigenvalue weighted by molar-refractivity contribution is 5.93. The molecule has 4 rings (SSSR count). The van der Waals surface area contributed by atoms with Crippen LogP contribution in [0.4, 0.5) is 0 Å². The lowest BCUT2D eigenvalue weighted by Crippen LogP contribution is -2.38. The number of rotatable bonds is 3. The van der Waals surface area contributed by atoms with Crippen LogP contribution in [0.1, 0.15) is 73.0 Å². The molecule has 1 aromatic rings. The third kappa shape index (κ3) is 3.44. The van der Waals surface area contributed by atoms with Crippen LogP contribution in [0.5, 0.6) is 0 Å². The Morgan fingerprint density at radius 3 is 2.28 bits per heavy atom. The molecular weight excluding hydrogens is 318 g/mol. The lowest BCUT2D eigenvalue weighted by molar-refractivity contribution is -0.133. The Morgan fingerprint density at radius 1 is 0.960 bits per heavy atom. The van der Waals surface area contributed by atoms with Gasteiger partial charge in [-0.15, -0.1) is 0 Å². The van der Waals surface area contributed by atoms with Crippen LogP contribution in [0.3, 0.4) is 0 Å². The van der Waals surface area contributed by atoms with Crippen LogP contribution in [-0.4, -0.2) is 52.8 Å². The maximum atomic E-state index is 12.7. The number of nitrogens with zero attached hydrogens (tertiary/aromatic N) is 3. The largest absolute Gasteiger partial charge is 0.445 e. The van der Waals surface area contributed by atoms with Gasteiger partial charge in [-0.1, -0.05) is 0 Å². The van der Waals surface area contributed by atoms with Crippen molar-refractivity contribution in [3.8, 4) is 0 Å². The van der Waals surface area contributed by atoms with Gasteiger partial charge in [0.2, 0.25) is 5.91 Å². The molecule has 6 heteroatoms.